The van der Waals surface area contributed by atoms with Gasteiger partial charge in [0, 0.05) is 32.7 Å². The molecule has 1 aliphatic rings. The Morgan fingerprint density at radius 1 is 1.50 bits per heavy atom. The smallest absolute Gasteiger partial charge is 0.319 e. The number of carbonyl (C=O) groups is 1. The summed E-state index contributed by atoms with van der Waals surface area (Å²) in [6.45, 7) is 6.53. The standard InChI is InChI=1S/C11H23N3O.ClH/c1-4-13(3)11(15)14-7-5-10(6-8-14)9(2)12;/h9-10H,4-8,12H2,1-3H3;1H. The number of amides is 2. The minimum Gasteiger partial charge on any atom is -0.328 e. The van der Waals surface area contributed by atoms with Crippen molar-refractivity contribution in [3.05, 3.63) is 0 Å². The van der Waals surface area contributed by atoms with Gasteiger partial charge < -0.3 is 15.5 Å². The molecular formula is C11H24ClN3O. The van der Waals surface area contributed by atoms with Gasteiger partial charge in [0.1, 0.15) is 0 Å². The highest BCUT2D eigenvalue weighted by Crippen LogP contribution is 2.20. The van der Waals surface area contributed by atoms with Crippen molar-refractivity contribution in [2.75, 3.05) is 26.7 Å². The van der Waals surface area contributed by atoms with Crippen LogP contribution >= 0.6 is 12.4 Å². The summed E-state index contributed by atoms with van der Waals surface area (Å²) in [6, 6.07) is 0.409. The molecule has 16 heavy (non-hydrogen) atoms. The van der Waals surface area contributed by atoms with Crippen molar-refractivity contribution in [3.8, 4) is 0 Å². The van der Waals surface area contributed by atoms with E-state index in [4.69, 9.17) is 5.73 Å². The number of nitrogens with zero attached hydrogens (tertiary/aromatic N) is 2. The van der Waals surface area contributed by atoms with E-state index in [0.29, 0.717) is 5.92 Å². The molecule has 0 aromatic carbocycles. The van der Waals surface area contributed by atoms with E-state index in [-0.39, 0.29) is 24.5 Å². The summed E-state index contributed by atoms with van der Waals surface area (Å²) in [4.78, 5) is 15.5. The van der Waals surface area contributed by atoms with Gasteiger partial charge in [0.15, 0.2) is 0 Å². The van der Waals surface area contributed by atoms with Crippen LogP contribution in [-0.4, -0.2) is 48.6 Å². The predicted octanol–water partition coefficient (Wildman–Crippen LogP) is 1.54. The molecule has 1 unspecified atom stereocenters. The second kappa shape index (κ2) is 6.97. The number of nitrogens with two attached hydrogens (primary N) is 1. The van der Waals surface area contributed by atoms with Crippen LogP contribution in [0.25, 0.3) is 0 Å². The molecule has 1 fully saturated rings. The molecule has 1 rings (SSSR count). The van der Waals surface area contributed by atoms with Crippen LogP contribution in [-0.2, 0) is 0 Å². The van der Waals surface area contributed by atoms with E-state index < -0.39 is 0 Å². The lowest BCUT2D eigenvalue weighted by Gasteiger charge is -2.35. The van der Waals surface area contributed by atoms with Crippen LogP contribution in [0.1, 0.15) is 26.7 Å². The number of rotatable bonds is 2. The average Bonchev–Trinajstić information content (AvgIpc) is 2.27. The van der Waals surface area contributed by atoms with Crippen molar-refractivity contribution in [3.63, 3.8) is 0 Å². The number of hydrogen-bond acceptors (Lipinski definition) is 2. The number of urea groups is 1. The third-order valence-electron chi connectivity index (χ3n) is 3.35. The molecule has 1 saturated heterocycles. The monoisotopic (exact) mass is 249 g/mol. The highest BCUT2D eigenvalue weighted by Gasteiger charge is 2.25. The van der Waals surface area contributed by atoms with Gasteiger partial charge in [-0.3, -0.25) is 0 Å². The number of likely N-dealkylation sites (tertiary alicyclic amines) is 1. The summed E-state index contributed by atoms with van der Waals surface area (Å²) in [5, 5.41) is 0. The largest absolute Gasteiger partial charge is 0.328 e. The lowest BCUT2D eigenvalue weighted by molar-refractivity contribution is 0.138. The van der Waals surface area contributed by atoms with Crippen molar-refractivity contribution >= 4 is 18.4 Å². The first-order valence-electron chi connectivity index (χ1n) is 5.81. The topological polar surface area (TPSA) is 49.6 Å². The lowest BCUT2D eigenvalue weighted by Crippen LogP contribution is -2.47. The Labute approximate surface area is 105 Å². The summed E-state index contributed by atoms with van der Waals surface area (Å²) in [5.41, 5.74) is 5.86. The van der Waals surface area contributed by atoms with E-state index in [9.17, 15) is 4.79 Å². The molecule has 0 aromatic rings. The molecule has 96 valence electrons. The molecule has 0 saturated carbocycles. The first kappa shape index (κ1) is 15.5. The fraction of sp³-hybridized carbons (Fsp3) is 0.909. The molecule has 1 aliphatic heterocycles. The molecule has 0 aliphatic carbocycles. The SMILES string of the molecule is CCN(C)C(=O)N1CCC(C(C)N)CC1.Cl. The zero-order chi connectivity index (χ0) is 11.4. The summed E-state index contributed by atoms with van der Waals surface area (Å²) >= 11 is 0. The normalized spacial score (nSPS) is 18.9. The van der Waals surface area contributed by atoms with Gasteiger partial charge in [0.25, 0.3) is 0 Å². The third-order valence-corrected chi connectivity index (χ3v) is 3.35. The summed E-state index contributed by atoms with van der Waals surface area (Å²) < 4.78 is 0. The van der Waals surface area contributed by atoms with Crippen molar-refractivity contribution < 1.29 is 4.79 Å². The molecule has 2 N–H and O–H groups in total. The van der Waals surface area contributed by atoms with Gasteiger partial charge >= 0.3 is 6.03 Å². The van der Waals surface area contributed by atoms with Gasteiger partial charge in [-0.1, -0.05) is 0 Å². The van der Waals surface area contributed by atoms with Crippen LogP contribution in [0.4, 0.5) is 4.79 Å². The predicted molar refractivity (Wildman–Crippen MR) is 68.9 cm³/mol. The van der Waals surface area contributed by atoms with Crippen LogP contribution in [0.3, 0.4) is 0 Å². The molecule has 2 amide bonds. The molecule has 4 nitrogen and oxygen atoms in total. The van der Waals surface area contributed by atoms with Crippen LogP contribution in [0, 0.1) is 5.92 Å². The second-order valence-corrected chi connectivity index (χ2v) is 4.48. The van der Waals surface area contributed by atoms with E-state index in [2.05, 4.69) is 6.92 Å². The van der Waals surface area contributed by atoms with Gasteiger partial charge in [0.2, 0.25) is 0 Å². The van der Waals surface area contributed by atoms with Crippen LogP contribution in [0.5, 0.6) is 0 Å². The fourth-order valence-electron chi connectivity index (χ4n) is 1.99. The number of carbonyl (C=O) groups excluding carboxylic acids is 1. The Kier molecular flexibility index (Phi) is 6.76. The molecular weight excluding hydrogens is 226 g/mol. The Morgan fingerprint density at radius 2 is 2.00 bits per heavy atom. The highest BCUT2D eigenvalue weighted by molar-refractivity contribution is 5.85. The van der Waals surface area contributed by atoms with Crippen molar-refractivity contribution in [1.29, 1.82) is 0 Å². The van der Waals surface area contributed by atoms with Gasteiger partial charge in [-0.15, -0.1) is 12.4 Å². The van der Waals surface area contributed by atoms with Crippen molar-refractivity contribution in [1.82, 2.24) is 9.80 Å². The quantitative estimate of drug-likeness (QED) is 0.807. The van der Waals surface area contributed by atoms with Crippen molar-refractivity contribution in [2.45, 2.75) is 32.7 Å². The number of hydrogen-bond donors (Lipinski definition) is 1. The van der Waals surface area contributed by atoms with Crippen LogP contribution in [0.15, 0.2) is 0 Å². The second-order valence-electron chi connectivity index (χ2n) is 4.48. The zero-order valence-electron chi connectivity index (χ0n) is 10.5. The first-order valence-corrected chi connectivity index (χ1v) is 5.81. The van der Waals surface area contributed by atoms with Gasteiger partial charge in [0.05, 0.1) is 0 Å². The molecule has 5 heteroatoms. The van der Waals surface area contributed by atoms with E-state index >= 15 is 0 Å². The Balaban J connectivity index is 0.00000225. The molecule has 1 heterocycles. The maximum absolute atomic E-state index is 11.8. The van der Waals surface area contributed by atoms with Crippen LogP contribution in [0.2, 0.25) is 0 Å². The maximum atomic E-state index is 11.8. The number of piperidine rings is 1. The Morgan fingerprint density at radius 3 is 2.38 bits per heavy atom. The molecule has 0 radical (unpaired) electrons. The summed E-state index contributed by atoms with van der Waals surface area (Å²) in [5.74, 6) is 0.584. The van der Waals surface area contributed by atoms with Gasteiger partial charge in [-0.05, 0) is 32.6 Å². The highest BCUT2D eigenvalue weighted by atomic mass is 35.5. The summed E-state index contributed by atoms with van der Waals surface area (Å²) in [6.07, 6.45) is 2.09. The Hall–Kier alpha value is -0.480. The first-order chi connectivity index (χ1) is 7.06. The van der Waals surface area contributed by atoms with E-state index in [1.807, 2.05) is 18.9 Å². The molecule has 0 bridgehead atoms. The van der Waals surface area contributed by atoms with Crippen LogP contribution < -0.4 is 5.73 Å². The summed E-state index contributed by atoms with van der Waals surface area (Å²) in [7, 11) is 1.85. The van der Waals surface area contributed by atoms with Gasteiger partial charge in [-0.25, -0.2) is 4.79 Å². The maximum Gasteiger partial charge on any atom is 0.319 e. The van der Waals surface area contributed by atoms with Crippen molar-refractivity contribution in [2.24, 2.45) is 11.7 Å². The molecule has 1 atom stereocenters. The zero-order valence-corrected chi connectivity index (χ0v) is 11.3. The Bertz CT molecular complexity index is 215. The number of halogens is 1. The molecule has 0 aromatic heterocycles. The van der Waals surface area contributed by atoms with E-state index in [0.717, 1.165) is 32.5 Å². The molecule has 0 spiro atoms. The van der Waals surface area contributed by atoms with E-state index in [1.165, 1.54) is 0 Å². The average molecular weight is 250 g/mol. The minimum atomic E-state index is 0. The van der Waals surface area contributed by atoms with E-state index in [1.54, 1.807) is 4.90 Å². The lowest BCUT2D eigenvalue weighted by atomic mass is 9.91. The third kappa shape index (κ3) is 3.83. The fourth-order valence-corrected chi connectivity index (χ4v) is 1.99. The minimum absolute atomic E-state index is 0. The van der Waals surface area contributed by atoms with Gasteiger partial charge in [-0.2, -0.15) is 0 Å².